The molecular formula is C19H20O4. The summed E-state index contributed by atoms with van der Waals surface area (Å²) in [6, 6.07) is 15.6. The van der Waals surface area contributed by atoms with Crippen LogP contribution in [0.4, 0.5) is 0 Å². The van der Waals surface area contributed by atoms with Crippen molar-refractivity contribution in [1.29, 1.82) is 0 Å². The number of rotatable bonds is 4. The van der Waals surface area contributed by atoms with E-state index in [4.69, 9.17) is 9.47 Å². The van der Waals surface area contributed by atoms with Gasteiger partial charge >= 0.3 is 5.97 Å². The van der Waals surface area contributed by atoms with Crippen molar-refractivity contribution in [3.63, 3.8) is 0 Å². The van der Waals surface area contributed by atoms with Crippen LogP contribution in [0.25, 0.3) is 0 Å². The Bertz CT molecular complexity index is 681. The minimum absolute atomic E-state index is 0.362. The largest absolute Gasteiger partial charge is 0.489 e. The summed E-state index contributed by atoms with van der Waals surface area (Å²) in [4.78, 5) is 11.8. The molecular weight excluding hydrogens is 292 g/mol. The second kappa shape index (κ2) is 6.84. The highest BCUT2D eigenvalue weighted by molar-refractivity contribution is 5.74. The van der Waals surface area contributed by atoms with Gasteiger partial charge in [0.05, 0.1) is 19.1 Å². The van der Waals surface area contributed by atoms with Crippen LogP contribution in [-0.4, -0.2) is 18.2 Å². The molecule has 2 unspecified atom stereocenters. The van der Waals surface area contributed by atoms with E-state index in [1.54, 1.807) is 0 Å². The fraction of sp³-hybridized carbons (Fsp3) is 0.316. The molecule has 4 nitrogen and oxygen atoms in total. The molecule has 2 aromatic rings. The monoisotopic (exact) mass is 312 g/mol. The van der Waals surface area contributed by atoms with Gasteiger partial charge in [-0.15, -0.1) is 0 Å². The van der Waals surface area contributed by atoms with Crippen molar-refractivity contribution in [1.82, 2.24) is 0 Å². The van der Waals surface area contributed by atoms with Crippen LogP contribution in [0.15, 0.2) is 48.5 Å². The predicted octanol–water partition coefficient (Wildman–Crippen LogP) is 3.03. The lowest BCUT2D eigenvalue weighted by atomic mass is 9.81. The van der Waals surface area contributed by atoms with Gasteiger partial charge in [0, 0.05) is 0 Å². The van der Waals surface area contributed by atoms with Crippen LogP contribution in [0, 0.1) is 5.92 Å². The Morgan fingerprint density at radius 1 is 1.17 bits per heavy atom. The first-order valence-corrected chi connectivity index (χ1v) is 7.75. The highest BCUT2D eigenvalue weighted by Gasteiger charge is 2.35. The van der Waals surface area contributed by atoms with Crippen LogP contribution >= 0.6 is 0 Å². The lowest BCUT2D eigenvalue weighted by Crippen LogP contribution is -2.28. The fourth-order valence-corrected chi connectivity index (χ4v) is 3.07. The van der Waals surface area contributed by atoms with Gasteiger partial charge < -0.3 is 14.6 Å². The average Bonchev–Trinajstić information content (AvgIpc) is 2.60. The van der Waals surface area contributed by atoms with Gasteiger partial charge in [-0.2, -0.15) is 0 Å². The smallest absolute Gasteiger partial charge is 0.311 e. The number of carbonyl (C=O) groups is 1. The number of aliphatic hydroxyl groups excluding tert-OH is 1. The van der Waals surface area contributed by atoms with E-state index < -0.39 is 12.0 Å². The topological polar surface area (TPSA) is 55.8 Å². The van der Waals surface area contributed by atoms with Gasteiger partial charge in [0.2, 0.25) is 0 Å². The SMILES string of the molecule is COC(=O)C1CCc2c(OCc3ccccc3)cccc2C1O. The molecule has 0 amide bonds. The summed E-state index contributed by atoms with van der Waals surface area (Å²) < 4.78 is 10.7. The Hall–Kier alpha value is -2.33. The molecule has 0 aliphatic heterocycles. The highest BCUT2D eigenvalue weighted by Crippen LogP contribution is 2.39. The summed E-state index contributed by atoms with van der Waals surface area (Å²) in [6.45, 7) is 0.480. The first-order chi connectivity index (χ1) is 11.2. The van der Waals surface area contributed by atoms with Gasteiger partial charge in [-0.3, -0.25) is 4.79 Å². The van der Waals surface area contributed by atoms with Crippen molar-refractivity contribution in [2.75, 3.05) is 7.11 Å². The van der Waals surface area contributed by atoms with Crippen LogP contribution in [-0.2, 0) is 22.6 Å². The fourth-order valence-electron chi connectivity index (χ4n) is 3.07. The summed E-state index contributed by atoms with van der Waals surface area (Å²) in [6.07, 6.45) is 0.412. The van der Waals surface area contributed by atoms with Gasteiger partial charge in [-0.1, -0.05) is 42.5 Å². The molecule has 0 saturated heterocycles. The second-order valence-corrected chi connectivity index (χ2v) is 5.71. The molecule has 0 saturated carbocycles. The third kappa shape index (κ3) is 3.22. The number of esters is 1. The number of hydrogen-bond donors (Lipinski definition) is 1. The highest BCUT2D eigenvalue weighted by atomic mass is 16.5. The quantitative estimate of drug-likeness (QED) is 0.882. The summed E-state index contributed by atoms with van der Waals surface area (Å²) in [7, 11) is 1.35. The number of fused-ring (bicyclic) bond motifs is 1. The normalized spacial score (nSPS) is 19.7. The molecule has 120 valence electrons. The number of ether oxygens (including phenoxy) is 2. The van der Waals surface area contributed by atoms with Crippen LogP contribution in [0.2, 0.25) is 0 Å². The number of methoxy groups -OCH3 is 1. The molecule has 2 aromatic carbocycles. The summed E-state index contributed by atoms with van der Waals surface area (Å²) >= 11 is 0. The number of benzene rings is 2. The minimum Gasteiger partial charge on any atom is -0.489 e. The van der Waals surface area contributed by atoms with Gasteiger partial charge in [-0.05, 0) is 35.6 Å². The zero-order valence-electron chi connectivity index (χ0n) is 13.1. The molecule has 1 N–H and O–H groups in total. The third-order valence-electron chi connectivity index (χ3n) is 4.32. The molecule has 23 heavy (non-hydrogen) atoms. The Labute approximate surface area is 135 Å². The minimum atomic E-state index is -0.841. The van der Waals surface area contributed by atoms with Gasteiger partial charge in [0.15, 0.2) is 0 Å². The second-order valence-electron chi connectivity index (χ2n) is 5.71. The van der Waals surface area contributed by atoms with E-state index in [2.05, 4.69) is 0 Å². The first kappa shape index (κ1) is 15.6. The Morgan fingerprint density at radius 2 is 1.96 bits per heavy atom. The summed E-state index contributed by atoms with van der Waals surface area (Å²) in [5.41, 5.74) is 2.84. The molecule has 0 spiro atoms. The van der Waals surface area contributed by atoms with E-state index in [9.17, 15) is 9.90 Å². The Balaban J connectivity index is 1.80. The molecule has 2 atom stereocenters. The zero-order chi connectivity index (χ0) is 16.2. The van der Waals surface area contributed by atoms with E-state index >= 15 is 0 Å². The van der Waals surface area contributed by atoms with E-state index in [-0.39, 0.29) is 5.97 Å². The average molecular weight is 312 g/mol. The number of aliphatic hydroxyl groups is 1. The van der Waals surface area contributed by atoms with Crippen molar-refractivity contribution in [2.45, 2.75) is 25.6 Å². The Morgan fingerprint density at radius 3 is 2.70 bits per heavy atom. The van der Waals surface area contributed by atoms with Crippen molar-refractivity contribution < 1.29 is 19.4 Å². The maximum Gasteiger partial charge on any atom is 0.311 e. The molecule has 3 rings (SSSR count). The molecule has 0 bridgehead atoms. The van der Waals surface area contributed by atoms with Crippen LogP contribution < -0.4 is 4.74 Å². The van der Waals surface area contributed by atoms with Crippen molar-refractivity contribution in [3.05, 3.63) is 65.2 Å². The zero-order valence-corrected chi connectivity index (χ0v) is 13.1. The molecule has 0 heterocycles. The number of carbonyl (C=O) groups excluding carboxylic acids is 1. The van der Waals surface area contributed by atoms with Crippen molar-refractivity contribution >= 4 is 5.97 Å². The molecule has 0 aromatic heterocycles. The van der Waals surface area contributed by atoms with Crippen LogP contribution in [0.5, 0.6) is 5.75 Å². The third-order valence-corrected chi connectivity index (χ3v) is 4.32. The van der Waals surface area contributed by atoms with E-state index in [1.165, 1.54) is 7.11 Å². The van der Waals surface area contributed by atoms with Crippen LogP contribution in [0.3, 0.4) is 0 Å². The van der Waals surface area contributed by atoms with Crippen LogP contribution in [0.1, 0.15) is 29.2 Å². The maximum atomic E-state index is 11.8. The predicted molar refractivity (Wildman–Crippen MR) is 86.0 cm³/mol. The van der Waals surface area contributed by atoms with Gasteiger partial charge in [-0.25, -0.2) is 0 Å². The van der Waals surface area contributed by atoms with E-state index in [0.717, 1.165) is 22.4 Å². The van der Waals surface area contributed by atoms with E-state index in [1.807, 2.05) is 48.5 Å². The molecule has 1 aliphatic carbocycles. The molecule has 1 aliphatic rings. The molecule has 0 fully saturated rings. The number of hydrogen-bond acceptors (Lipinski definition) is 4. The maximum absolute atomic E-state index is 11.8. The Kier molecular flexibility index (Phi) is 4.63. The molecule has 4 heteroatoms. The van der Waals surface area contributed by atoms with Gasteiger partial charge in [0.1, 0.15) is 12.4 Å². The van der Waals surface area contributed by atoms with Crippen molar-refractivity contribution in [2.24, 2.45) is 5.92 Å². The van der Waals surface area contributed by atoms with Crippen molar-refractivity contribution in [3.8, 4) is 5.75 Å². The lowest BCUT2D eigenvalue weighted by molar-refractivity contribution is -0.150. The van der Waals surface area contributed by atoms with E-state index in [0.29, 0.717) is 19.4 Å². The summed E-state index contributed by atoms with van der Waals surface area (Å²) in [5, 5.41) is 10.5. The van der Waals surface area contributed by atoms with Gasteiger partial charge in [0.25, 0.3) is 0 Å². The standard InChI is InChI=1S/C19H20O4/c1-22-19(21)16-11-10-14-15(18(16)20)8-5-9-17(14)23-12-13-6-3-2-4-7-13/h2-9,16,18,20H,10-12H2,1H3. The lowest BCUT2D eigenvalue weighted by Gasteiger charge is -2.29. The first-order valence-electron chi connectivity index (χ1n) is 7.75. The summed E-state index contributed by atoms with van der Waals surface area (Å²) in [5.74, 6) is -0.0932. The molecule has 0 radical (unpaired) electrons.